The number of guanidine groups is 1. The van der Waals surface area contributed by atoms with Crippen LogP contribution in [0, 0.1) is 13.8 Å². The van der Waals surface area contributed by atoms with Gasteiger partial charge in [0.1, 0.15) is 5.75 Å². The molecule has 0 fully saturated rings. The van der Waals surface area contributed by atoms with E-state index in [-0.39, 0.29) is 0 Å². The van der Waals surface area contributed by atoms with Gasteiger partial charge in [0.2, 0.25) is 0 Å². The molecule has 0 aromatic heterocycles. The summed E-state index contributed by atoms with van der Waals surface area (Å²) in [6, 6.07) is 14.0. The first-order chi connectivity index (χ1) is 11.6. The highest BCUT2D eigenvalue weighted by molar-refractivity contribution is 5.92. The summed E-state index contributed by atoms with van der Waals surface area (Å²) in [7, 11) is 1.65. The van der Waals surface area contributed by atoms with Gasteiger partial charge < -0.3 is 20.5 Å². The van der Waals surface area contributed by atoms with Crippen molar-refractivity contribution >= 4 is 11.6 Å². The number of nitrogens with one attached hydrogen (secondary N) is 1. The van der Waals surface area contributed by atoms with Gasteiger partial charge in [-0.1, -0.05) is 18.2 Å². The van der Waals surface area contributed by atoms with Crippen LogP contribution in [0.2, 0.25) is 0 Å². The maximum Gasteiger partial charge on any atom is 0.193 e. The van der Waals surface area contributed by atoms with Gasteiger partial charge in [-0.05, 0) is 54.8 Å². The van der Waals surface area contributed by atoms with Crippen molar-refractivity contribution in [2.75, 3.05) is 25.6 Å². The number of methoxy groups -OCH3 is 1. The van der Waals surface area contributed by atoms with Crippen LogP contribution >= 0.6 is 0 Å². The van der Waals surface area contributed by atoms with Crippen molar-refractivity contribution in [1.82, 2.24) is 0 Å². The molecular formula is C19H25N3O2. The van der Waals surface area contributed by atoms with Gasteiger partial charge in [0, 0.05) is 5.69 Å². The summed E-state index contributed by atoms with van der Waals surface area (Å²) in [5.41, 5.74) is 10.3. The normalized spacial score (nSPS) is 11.4. The number of hydrogen-bond acceptors (Lipinski definition) is 3. The molecule has 0 aliphatic heterocycles. The fourth-order valence-corrected chi connectivity index (χ4v) is 2.38. The summed E-state index contributed by atoms with van der Waals surface area (Å²) in [4.78, 5) is 4.28. The second kappa shape index (κ2) is 8.93. The number of benzene rings is 2. The third kappa shape index (κ3) is 5.93. The van der Waals surface area contributed by atoms with E-state index in [2.05, 4.69) is 30.2 Å². The van der Waals surface area contributed by atoms with E-state index in [1.165, 1.54) is 11.1 Å². The van der Waals surface area contributed by atoms with Crippen molar-refractivity contribution in [3.63, 3.8) is 0 Å². The molecule has 0 saturated heterocycles. The number of hydrogen-bond donors (Lipinski definition) is 2. The van der Waals surface area contributed by atoms with Crippen molar-refractivity contribution < 1.29 is 9.47 Å². The van der Waals surface area contributed by atoms with Crippen LogP contribution in [0.25, 0.3) is 0 Å². The lowest BCUT2D eigenvalue weighted by atomic mass is 10.1. The lowest BCUT2D eigenvalue weighted by Crippen LogP contribution is -2.23. The van der Waals surface area contributed by atoms with Gasteiger partial charge in [-0.25, -0.2) is 0 Å². The molecule has 0 atom stereocenters. The molecule has 0 unspecified atom stereocenters. The highest BCUT2D eigenvalue weighted by atomic mass is 16.5. The molecule has 0 heterocycles. The molecule has 2 aromatic carbocycles. The van der Waals surface area contributed by atoms with Crippen molar-refractivity contribution in [2.24, 2.45) is 10.7 Å². The number of aliphatic imine (C=N–C) groups is 1. The minimum Gasteiger partial charge on any atom is -0.497 e. The van der Waals surface area contributed by atoms with Crippen molar-refractivity contribution in [2.45, 2.75) is 20.5 Å². The highest BCUT2D eigenvalue weighted by Gasteiger charge is 1.98. The maximum absolute atomic E-state index is 5.90. The smallest absolute Gasteiger partial charge is 0.193 e. The van der Waals surface area contributed by atoms with E-state index in [4.69, 9.17) is 15.2 Å². The first kappa shape index (κ1) is 17.8. The molecule has 0 bridgehead atoms. The number of nitrogens with two attached hydrogens (primary N) is 1. The van der Waals surface area contributed by atoms with E-state index in [1.54, 1.807) is 7.11 Å². The molecule has 24 heavy (non-hydrogen) atoms. The highest BCUT2D eigenvalue weighted by Crippen LogP contribution is 2.13. The predicted molar refractivity (Wildman–Crippen MR) is 98.7 cm³/mol. The first-order valence-corrected chi connectivity index (χ1v) is 7.93. The summed E-state index contributed by atoms with van der Waals surface area (Å²) in [5, 5.41) is 3.10. The van der Waals surface area contributed by atoms with Crippen LogP contribution in [-0.2, 0) is 11.3 Å². The average Bonchev–Trinajstić information content (AvgIpc) is 2.54. The van der Waals surface area contributed by atoms with E-state index in [0.29, 0.717) is 25.7 Å². The number of anilines is 1. The molecule has 5 heteroatoms. The van der Waals surface area contributed by atoms with Crippen molar-refractivity contribution in [3.8, 4) is 5.75 Å². The van der Waals surface area contributed by atoms with E-state index in [1.807, 2.05) is 36.4 Å². The summed E-state index contributed by atoms with van der Waals surface area (Å²) in [6.45, 7) is 5.68. The molecule has 2 aromatic rings. The summed E-state index contributed by atoms with van der Waals surface area (Å²) >= 11 is 0. The lowest BCUT2D eigenvalue weighted by Gasteiger charge is -2.08. The van der Waals surface area contributed by atoms with Gasteiger partial charge >= 0.3 is 0 Å². The van der Waals surface area contributed by atoms with Gasteiger partial charge in [-0.2, -0.15) is 0 Å². The van der Waals surface area contributed by atoms with Crippen molar-refractivity contribution in [1.29, 1.82) is 0 Å². The zero-order valence-corrected chi connectivity index (χ0v) is 14.5. The van der Waals surface area contributed by atoms with Crippen LogP contribution in [-0.4, -0.2) is 26.2 Å². The molecule has 0 aliphatic rings. The fourth-order valence-electron chi connectivity index (χ4n) is 2.38. The Balaban J connectivity index is 1.72. The SMILES string of the molecule is COc1ccc(COCCN=C(N)Nc2cc(C)cc(C)c2)cc1. The molecule has 0 saturated carbocycles. The molecule has 0 spiro atoms. The Kier molecular flexibility index (Phi) is 6.63. The summed E-state index contributed by atoms with van der Waals surface area (Å²) in [6.07, 6.45) is 0. The van der Waals surface area contributed by atoms with Gasteiger partial charge in [0.25, 0.3) is 0 Å². The first-order valence-electron chi connectivity index (χ1n) is 7.93. The second-order valence-corrected chi connectivity index (χ2v) is 5.67. The third-order valence-corrected chi connectivity index (χ3v) is 3.44. The molecule has 0 radical (unpaired) electrons. The molecule has 2 rings (SSSR count). The summed E-state index contributed by atoms with van der Waals surface area (Å²) in [5.74, 6) is 1.24. The maximum atomic E-state index is 5.90. The quantitative estimate of drug-likeness (QED) is 0.465. The van der Waals surface area contributed by atoms with Gasteiger partial charge in [0.05, 0.1) is 26.9 Å². The second-order valence-electron chi connectivity index (χ2n) is 5.67. The fraction of sp³-hybridized carbons (Fsp3) is 0.316. The molecule has 0 aliphatic carbocycles. The Morgan fingerprint density at radius 2 is 1.75 bits per heavy atom. The zero-order chi connectivity index (χ0) is 17.4. The Hall–Kier alpha value is -2.53. The summed E-state index contributed by atoms with van der Waals surface area (Å²) < 4.78 is 10.7. The molecule has 5 nitrogen and oxygen atoms in total. The largest absolute Gasteiger partial charge is 0.497 e. The van der Waals surface area contributed by atoms with Crippen LogP contribution in [0.15, 0.2) is 47.5 Å². The van der Waals surface area contributed by atoms with E-state index < -0.39 is 0 Å². The predicted octanol–water partition coefficient (Wildman–Crippen LogP) is 3.26. The standard InChI is InChI=1S/C19H25N3O2/c1-14-10-15(2)12-17(11-14)22-19(20)21-8-9-24-13-16-4-6-18(23-3)7-5-16/h4-7,10-12H,8-9,13H2,1-3H3,(H3,20,21,22). The Morgan fingerprint density at radius 1 is 1.08 bits per heavy atom. The van der Waals surface area contributed by atoms with Gasteiger partial charge in [-0.15, -0.1) is 0 Å². The van der Waals surface area contributed by atoms with Gasteiger partial charge in [0.15, 0.2) is 5.96 Å². The van der Waals surface area contributed by atoms with Crippen LogP contribution in [0.5, 0.6) is 5.75 Å². The van der Waals surface area contributed by atoms with Crippen LogP contribution in [0.3, 0.4) is 0 Å². The zero-order valence-electron chi connectivity index (χ0n) is 14.5. The Labute approximate surface area is 143 Å². The minimum absolute atomic E-state index is 0.396. The molecule has 3 N–H and O–H groups in total. The van der Waals surface area contributed by atoms with Crippen LogP contribution in [0.4, 0.5) is 5.69 Å². The van der Waals surface area contributed by atoms with E-state index in [0.717, 1.165) is 17.0 Å². The van der Waals surface area contributed by atoms with Gasteiger partial charge in [-0.3, -0.25) is 4.99 Å². The minimum atomic E-state index is 0.396. The Bertz CT molecular complexity index is 661. The van der Waals surface area contributed by atoms with E-state index in [9.17, 15) is 0 Å². The molecule has 0 amide bonds. The topological polar surface area (TPSA) is 68.9 Å². The number of nitrogens with zero attached hydrogens (tertiary/aromatic N) is 1. The third-order valence-electron chi connectivity index (χ3n) is 3.44. The lowest BCUT2D eigenvalue weighted by molar-refractivity contribution is 0.128. The van der Waals surface area contributed by atoms with E-state index >= 15 is 0 Å². The van der Waals surface area contributed by atoms with Crippen molar-refractivity contribution in [3.05, 3.63) is 59.2 Å². The molecular weight excluding hydrogens is 302 g/mol. The average molecular weight is 327 g/mol. The molecule has 128 valence electrons. The van der Waals surface area contributed by atoms with Crippen LogP contribution in [0.1, 0.15) is 16.7 Å². The van der Waals surface area contributed by atoms with Crippen LogP contribution < -0.4 is 15.8 Å². The monoisotopic (exact) mass is 327 g/mol. The number of aryl methyl sites for hydroxylation is 2. The number of ether oxygens (including phenoxy) is 2. The number of rotatable bonds is 7. The Morgan fingerprint density at radius 3 is 2.38 bits per heavy atom.